The molecule has 0 atom stereocenters. The van der Waals surface area contributed by atoms with Crippen molar-refractivity contribution in [2.24, 2.45) is 0 Å². The highest BCUT2D eigenvalue weighted by Crippen LogP contribution is 2.26. The van der Waals surface area contributed by atoms with Crippen molar-refractivity contribution in [1.29, 1.82) is 0 Å². The smallest absolute Gasteiger partial charge is 0.255 e. The number of anilines is 2. The minimum Gasteiger partial charge on any atom is -0.397 e. The first-order valence-corrected chi connectivity index (χ1v) is 6.73. The van der Waals surface area contributed by atoms with E-state index < -0.39 is 0 Å². The van der Waals surface area contributed by atoms with Gasteiger partial charge in [0.05, 0.1) is 16.9 Å². The van der Waals surface area contributed by atoms with Crippen LogP contribution in [0.25, 0.3) is 10.9 Å². The normalized spacial score (nSPS) is 10.5. The second kappa shape index (κ2) is 5.42. The van der Waals surface area contributed by atoms with Crippen molar-refractivity contribution < 1.29 is 4.79 Å². The summed E-state index contributed by atoms with van der Waals surface area (Å²) in [5.41, 5.74) is 8.30. The van der Waals surface area contributed by atoms with Crippen molar-refractivity contribution in [1.82, 2.24) is 4.98 Å². The van der Waals surface area contributed by atoms with Gasteiger partial charge in [0.1, 0.15) is 0 Å². The van der Waals surface area contributed by atoms with E-state index in [4.69, 9.17) is 17.3 Å². The number of nitrogens with zero attached hydrogens (tertiary/aromatic N) is 1. The van der Waals surface area contributed by atoms with E-state index in [0.717, 1.165) is 5.39 Å². The van der Waals surface area contributed by atoms with Crippen molar-refractivity contribution in [3.63, 3.8) is 0 Å². The average molecular weight is 298 g/mol. The number of nitrogens with two attached hydrogens (primary N) is 1. The van der Waals surface area contributed by atoms with Gasteiger partial charge in [-0.2, -0.15) is 0 Å². The summed E-state index contributed by atoms with van der Waals surface area (Å²) in [6.45, 7) is 0. The second-order valence-corrected chi connectivity index (χ2v) is 5.00. The average Bonchev–Trinajstić information content (AvgIpc) is 2.50. The van der Waals surface area contributed by atoms with E-state index in [2.05, 4.69) is 10.3 Å². The van der Waals surface area contributed by atoms with E-state index in [0.29, 0.717) is 27.5 Å². The van der Waals surface area contributed by atoms with Crippen molar-refractivity contribution in [2.45, 2.75) is 0 Å². The van der Waals surface area contributed by atoms with Gasteiger partial charge in [0.2, 0.25) is 0 Å². The van der Waals surface area contributed by atoms with Crippen LogP contribution in [-0.2, 0) is 0 Å². The predicted octanol–water partition coefficient (Wildman–Crippen LogP) is 3.72. The van der Waals surface area contributed by atoms with Crippen LogP contribution >= 0.6 is 11.6 Å². The fourth-order valence-electron chi connectivity index (χ4n) is 2.13. The largest absolute Gasteiger partial charge is 0.397 e. The summed E-state index contributed by atoms with van der Waals surface area (Å²) < 4.78 is 0. The summed E-state index contributed by atoms with van der Waals surface area (Å²) in [5.74, 6) is -0.229. The monoisotopic (exact) mass is 297 g/mol. The van der Waals surface area contributed by atoms with Gasteiger partial charge >= 0.3 is 0 Å². The Morgan fingerprint density at radius 1 is 1.14 bits per heavy atom. The Hall–Kier alpha value is -2.59. The molecule has 0 aliphatic rings. The van der Waals surface area contributed by atoms with Crippen molar-refractivity contribution in [2.75, 3.05) is 11.1 Å². The third-order valence-corrected chi connectivity index (χ3v) is 3.37. The van der Waals surface area contributed by atoms with Crippen LogP contribution in [0.5, 0.6) is 0 Å². The molecule has 0 aliphatic heterocycles. The first kappa shape index (κ1) is 13.4. The highest BCUT2D eigenvalue weighted by molar-refractivity contribution is 6.31. The number of carbonyl (C=O) groups excluding carboxylic acids is 1. The lowest BCUT2D eigenvalue weighted by Crippen LogP contribution is -2.12. The second-order valence-electron chi connectivity index (χ2n) is 4.57. The minimum absolute atomic E-state index is 0.229. The third-order valence-electron chi connectivity index (χ3n) is 3.14. The maximum Gasteiger partial charge on any atom is 0.255 e. The zero-order valence-corrected chi connectivity index (χ0v) is 11.8. The van der Waals surface area contributed by atoms with Crippen LogP contribution < -0.4 is 11.1 Å². The van der Waals surface area contributed by atoms with E-state index in [1.54, 1.807) is 48.7 Å². The molecule has 0 bridgehead atoms. The molecule has 0 aliphatic carbocycles. The topological polar surface area (TPSA) is 68.0 Å². The van der Waals surface area contributed by atoms with Crippen LogP contribution in [0.2, 0.25) is 5.02 Å². The Balaban J connectivity index is 1.99. The highest BCUT2D eigenvalue weighted by atomic mass is 35.5. The summed E-state index contributed by atoms with van der Waals surface area (Å²) >= 11 is 5.90. The summed E-state index contributed by atoms with van der Waals surface area (Å²) in [7, 11) is 0. The SMILES string of the molecule is Nc1ccc(NC(=O)c2cccc(Cl)c2)c2cccnc12. The van der Waals surface area contributed by atoms with Gasteiger partial charge in [-0.3, -0.25) is 9.78 Å². The molecule has 5 heteroatoms. The molecule has 0 saturated carbocycles. The number of aromatic nitrogens is 1. The number of fused-ring (bicyclic) bond motifs is 1. The molecule has 0 unspecified atom stereocenters. The van der Waals surface area contributed by atoms with E-state index in [9.17, 15) is 4.79 Å². The number of nitrogens with one attached hydrogen (secondary N) is 1. The lowest BCUT2D eigenvalue weighted by Gasteiger charge is -2.10. The summed E-state index contributed by atoms with van der Waals surface area (Å²) in [4.78, 5) is 16.5. The van der Waals surface area contributed by atoms with Crippen molar-refractivity contribution in [3.8, 4) is 0 Å². The molecule has 0 saturated heterocycles. The highest BCUT2D eigenvalue weighted by Gasteiger charge is 2.10. The van der Waals surface area contributed by atoms with Gasteiger partial charge in [0.25, 0.3) is 5.91 Å². The first-order chi connectivity index (χ1) is 10.1. The molecule has 0 spiro atoms. The number of hydrogen-bond donors (Lipinski definition) is 2. The summed E-state index contributed by atoms with van der Waals surface area (Å²) in [5, 5.41) is 4.18. The molecule has 1 amide bonds. The molecule has 21 heavy (non-hydrogen) atoms. The number of halogens is 1. The van der Waals surface area contributed by atoms with Crippen LogP contribution in [0, 0.1) is 0 Å². The fraction of sp³-hybridized carbons (Fsp3) is 0. The molecule has 104 valence electrons. The number of benzene rings is 2. The van der Waals surface area contributed by atoms with Crippen molar-refractivity contribution in [3.05, 3.63) is 65.3 Å². The van der Waals surface area contributed by atoms with E-state index in [1.807, 2.05) is 6.07 Å². The Morgan fingerprint density at radius 3 is 2.81 bits per heavy atom. The zero-order valence-electron chi connectivity index (χ0n) is 11.0. The van der Waals surface area contributed by atoms with Crippen LogP contribution in [0.1, 0.15) is 10.4 Å². The maximum atomic E-state index is 12.3. The molecule has 3 aromatic rings. The van der Waals surface area contributed by atoms with Gasteiger partial charge in [0.15, 0.2) is 0 Å². The van der Waals surface area contributed by atoms with E-state index >= 15 is 0 Å². The zero-order chi connectivity index (χ0) is 14.8. The lowest BCUT2D eigenvalue weighted by atomic mass is 10.1. The molecule has 1 aromatic heterocycles. The Kier molecular flexibility index (Phi) is 3.46. The molecule has 2 aromatic carbocycles. The molecule has 3 N–H and O–H groups in total. The lowest BCUT2D eigenvalue weighted by molar-refractivity contribution is 0.102. The molecular formula is C16H12ClN3O. The molecule has 0 fully saturated rings. The number of nitrogen functional groups attached to an aromatic ring is 1. The molecule has 3 rings (SSSR count). The summed E-state index contributed by atoms with van der Waals surface area (Å²) in [6.07, 6.45) is 1.67. The van der Waals surface area contributed by atoms with E-state index in [-0.39, 0.29) is 5.91 Å². The maximum absolute atomic E-state index is 12.3. The Morgan fingerprint density at radius 2 is 2.00 bits per heavy atom. The standard InChI is InChI=1S/C16H12ClN3O/c17-11-4-1-3-10(9-11)16(21)20-14-7-6-13(18)15-12(14)5-2-8-19-15/h1-9H,18H2,(H,20,21). The molecule has 4 nitrogen and oxygen atoms in total. The van der Waals surface area contributed by atoms with Gasteiger partial charge in [-0.25, -0.2) is 0 Å². The van der Waals surface area contributed by atoms with Gasteiger partial charge in [0, 0.05) is 22.2 Å². The Bertz CT molecular complexity index is 833. The van der Waals surface area contributed by atoms with Crippen LogP contribution in [-0.4, -0.2) is 10.9 Å². The van der Waals surface area contributed by atoms with Gasteiger partial charge in [-0.05, 0) is 42.5 Å². The van der Waals surface area contributed by atoms with Crippen LogP contribution in [0.3, 0.4) is 0 Å². The fourth-order valence-corrected chi connectivity index (χ4v) is 2.32. The predicted molar refractivity (Wildman–Crippen MR) is 85.6 cm³/mol. The summed E-state index contributed by atoms with van der Waals surface area (Å²) in [6, 6.07) is 13.9. The number of pyridine rings is 1. The Labute approximate surface area is 126 Å². The number of amides is 1. The first-order valence-electron chi connectivity index (χ1n) is 6.35. The quantitative estimate of drug-likeness (QED) is 0.708. The molecule has 1 heterocycles. The number of rotatable bonds is 2. The van der Waals surface area contributed by atoms with Gasteiger partial charge < -0.3 is 11.1 Å². The van der Waals surface area contributed by atoms with Crippen LogP contribution in [0.15, 0.2) is 54.7 Å². The van der Waals surface area contributed by atoms with Crippen LogP contribution in [0.4, 0.5) is 11.4 Å². The van der Waals surface area contributed by atoms with E-state index in [1.165, 1.54) is 0 Å². The molecule has 0 radical (unpaired) electrons. The van der Waals surface area contributed by atoms with Gasteiger partial charge in [-0.15, -0.1) is 0 Å². The van der Waals surface area contributed by atoms with Gasteiger partial charge in [-0.1, -0.05) is 17.7 Å². The molecular weight excluding hydrogens is 286 g/mol. The third kappa shape index (κ3) is 2.66. The van der Waals surface area contributed by atoms with Crippen molar-refractivity contribution >= 4 is 39.8 Å². The minimum atomic E-state index is -0.229. The number of carbonyl (C=O) groups is 1. The number of hydrogen-bond acceptors (Lipinski definition) is 3.